The molecule has 2 atom stereocenters. The molecule has 2 aliphatic rings. The molecule has 1 aliphatic carbocycles. The SMILES string of the molecule is CC(C)c1nnc2n1CCN(C(=O)CCc1ccc(C3CC3C)o1)C2. The fraction of sp³-hybridized carbons (Fsp3) is 0.632. The van der Waals surface area contributed by atoms with Gasteiger partial charge in [0.2, 0.25) is 5.91 Å². The van der Waals surface area contributed by atoms with Crippen LogP contribution in [0, 0.1) is 5.92 Å². The third kappa shape index (κ3) is 3.22. The van der Waals surface area contributed by atoms with Crippen molar-refractivity contribution in [3.8, 4) is 0 Å². The predicted octanol–water partition coefficient (Wildman–Crippen LogP) is 3.09. The van der Waals surface area contributed by atoms with E-state index in [1.807, 2.05) is 11.0 Å². The number of rotatable bonds is 5. The molecule has 1 amide bonds. The van der Waals surface area contributed by atoms with Crippen molar-refractivity contribution in [3.05, 3.63) is 35.3 Å². The first-order valence-corrected chi connectivity index (χ1v) is 9.31. The zero-order chi connectivity index (χ0) is 17.6. The molecule has 25 heavy (non-hydrogen) atoms. The summed E-state index contributed by atoms with van der Waals surface area (Å²) >= 11 is 0. The molecule has 134 valence electrons. The van der Waals surface area contributed by atoms with Gasteiger partial charge in [0.15, 0.2) is 5.82 Å². The summed E-state index contributed by atoms with van der Waals surface area (Å²) in [4.78, 5) is 14.4. The van der Waals surface area contributed by atoms with Crippen LogP contribution >= 0.6 is 0 Å². The van der Waals surface area contributed by atoms with E-state index in [0.717, 1.165) is 42.2 Å². The smallest absolute Gasteiger partial charge is 0.223 e. The Morgan fingerprint density at radius 3 is 2.84 bits per heavy atom. The minimum absolute atomic E-state index is 0.165. The number of hydrogen-bond donors (Lipinski definition) is 0. The maximum absolute atomic E-state index is 12.6. The lowest BCUT2D eigenvalue weighted by molar-refractivity contribution is -0.132. The maximum atomic E-state index is 12.6. The average Bonchev–Trinajstić information content (AvgIpc) is 3.03. The largest absolute Gasteiger partial charge is 0.466 e. The van der Waals surface area contributed by atoms with E-state index in [0.29, 0.717) is 31.2 Å². The maximum Gasteiger partial charge on any atom is 0.223 e. The molecule has 6 heteroatoms. The molecule has 4 rings (SSSR count). The van der Waals surface area contributed by atoms with Crippen LogP contribution in [-0.2, 0) is 24.3 Å². The summed E-state index contributed by atoms with van der Waals surface area (Å²) < 4.78 is 8.06. The third-order valence-electron chi connectivity index (χ3n) is 5.39. The van der Waals surface area contributed by atoms with Crippen LogP contribution in [0.15, 0.2) is 16.5 Å². The van der Waals surface area contributed by atoms with E-state index in [1.54, 1.807) is 0 Å². The fourth-order valence-corrected chi connectivity index (χ4v) is 3.66. The van der Waals surface area contributed by atoms with Gasteiger partial charge in [-0.15, -0.1) is 10.2 Å². The van der Waals surface area contributed by atoms with Crippen molar-refractivity contribution in [2.24, 2.45) is 5.92 Å². The second-order valence-electron chi connectivity index (χ2n) is 7.72. The number of carbonyl (C=O) groups excluding carboxylic acids is 1. The van der Waals surface area contributed by atoms with Gasteiger partial charge in [0.25, 0.3) is 0 Å². The Morgan fingerprint density at radius 2 is 2.12 bits per heavy atom. The van der Waals surface area contributed by atoms with Crippen molar-refractivity contribution in [2.75, 3.05) is 6.54 Å². The topological polar surface area (TPSA) is 64.2 Å². The van der Waals surface area contributed by atoms with E-state index < -0.39 is 0 Å². The fourth-order valence-electron chi connectivity index (χ4n) is 3.66. The minimum Gasteiger partial charge on any atom is -0.466 e. The molecule has 0 N–H and O–H groups in total. The van der Waals surface area contributed by atoms with Gasteiger partial charge in [-0.1, -0.05) is 20.8 Å². The second-order valence-corrected chi connectivity index (χ2v) is 7.72. The zero-order valence-corrected chi connectivity index (χ0v) is 15.2. The van der Waals surface area contributed by atoms with E-state index in [-0.39, 0.29) is 5.91 Å². The highest BCUT2D eigenvalue weighted by Crippen LogP contribution is 2.47. The highest BCUT2D eigenvalue weighted by Gasteiger charge is 2.36. The van der Waals surface area contributed by atoms with Crippen molar-refractivity contribution in [1.29, 1.82) is 0 Å². The molecule has 2 unspecified atom stereocenters. The quantitative estimate of drug-likeness (QED) is 0.837. The van der Waals surface area contributed by atoms with Crippen LogP contribution in [0.3, 0.4) is 0 Å². The lowest BCUT2D eigenvalue weighted by Crippen LogP contribution is -2.39. The number of hydrogen-bond acceptors (Lipinski definition) is 4. The first-order chi connectivity index (χ1) is 12.0. The van der Waals surface area contributed by atoms with Gasteiger partial charge < -0.3 is 13.9 Å². The molecule has 3 heterocycles. The second kappa shape index (κ2) is 6.32. The van der Waals surface area contributed by atoms with Crippen LogP contribution in [0.2, 0.25) is 0 Å². The number of aryl methyl sites for hydroxylation is 1. The highest BCUT2D eigenvalue weighted by molar-refractivity contribution is 5.76. The summed E-state index contributed by atoms with van der Waals surface area (Å²) in [7, 11) is 0. The molecule has 1 saturated carbocycles. The van der Waals surface area contributed by atoms with Crippen molar-refractivity contribution >= 4 is 5.91 Å². The minimum atomic E-state index is 0.165. The number of furan rings is 1. The first kappa shape index (κ1) is 16.4. The number of fused-ring (bicyclic) bond motifs is 1. The summed E-state index contributed by atoms with van der Waals surface area (Å²) in [5.41, 5.74) is 0. The van der Waals surface area contributed by atoms with Crippen molar-refractivity contribution < 1.29 is 9.21 Å². The van der Waals surface area contributed by atoms with Crippen LogP contribution in [0.1, 0.15) is 68.6 Å². The Bertz CT molecular complexity index is 776. The highest BCUT2D eigenvalue weighted by atomic mass is 16.3. The third-order valence-corrected chi connectivity index (χ3v) is 5.39. The Labute approximate surface area is 148 Å². The van der Waals surface area contributed by atoms with E-state index in [2.05, 4.69) is 41.6 Å². The summed E-state index contributed by atoms with van der Waals surface area (Å²) in [6, 6.07) is 4.10. The van der Waals surface area contributed by atoms with Crippen molar-refractivity contribution in [1.82, 2.24) is 19.7 Å². The van der Waals surface area contributed by atoms with E-state index >= 15 is 0 Å². The van der Waals surface area contributed by atoms with Crippen LogP contribution in [0.25, 0.3) is 0 Å². The van der Waals surface area contributed by atoms with Gasteiger partial charge in [-0.3, -0.25) is 4.79 Å². The van der Waals surface area contributed by atoms with Crippen LogP contribution < -0.4 is 0 Å². The Hall–Kier alpha value is -2.11. The molecular formula is C19H26N4O2. The number of amides is 1. The monoisotopic (exact) mass is 342 g/mol. The summed E-state index contributed by atoms with van der Waals surface area (Å²) in [6.45, 7) is 8.56. The standard InChI is InChI=1S/C19H26N4O2/c1-12(2)19-21-20-17-11-22(8-9-23(17)19)18(24)7-5-14-4-6-16(25-14)15-10-13(15)3/h4,6,12-13,15H,5,7-11H2,1-3H3. The van der Waals surface area contributed by atoms with E-state index in [9.17, 15) is 4.79 Å². The van der Waals surface area contributed by atoms with Crippen LogP contribution in [0.4, 0.5) is 0 Å². The molecule has 0 spiro atoms. The Balaban J connectivity index is 1.33. The molecule has 2 aromatic rings. The molecule has 0 saturated heterocycles. The summed E-state index contributed by atoms with van der Waals surface area (Å²) in [5, 5.41) is 8.54. The van der Waals surface area contributed by atoms with Gasteiger partial charge in [0.05, 0.1) is 6.54 Å². The van der Waals surface area contributed by atoms with Crippen LogP contribution in [0.5, 0.6) is 0 Å². The van der Waals surface area contributed by atoms with E-state index in [4.69, 9.17) is 4.42 Å². The lowest BCUT2D eigenvalue weighted by atomic mass is 10.2. The molecule has 6 nitrogen and oxygen atoms in total. The molecule has 1 fully saturated rings. The van der Waals surface area contributed by atoms with Gasteiger partial charge in [0.1, 0.15) is 17.3 Å². The lowest BCUT2D eigenvalue weighted by Gasteiger charge is -2.28. The zero-order valence-electron chi connectivity index (χ0n) is 15.2. The number of nitrogens with zero attached hydrogens (tertiary/aromatic N) is 4. The molecule has 1 aliphatic heterocycles. The molecule has 2 aromatic heterocycles. The normalized spacial score (nSPS) is 22.3. The molecule has 0 bridgehead atoms. The number of aromatic nitrogens is 3. The van der Waals surface area contributed by atoms with Crippen LogP contribution in [-0.4, -0.2) is 32.1 Å². The van der Waals surface area contributed by atoms with Gasteiger partial charge in [-0.05, 0) is 24.5 Å². The van der Waals surface area contributed by atoms with E-state index in [1.165, 1.54) is 6.42 Å². The summed E-state index contributed by atoms with van der Waals surface area (Å²) in [6.07, 6.45) is 2.37. The van der Waals surface area contributed by atoms with Gasteiger partial charge in [0, 0.05) is 37.8 Å². The molecule has 0 radical (unpaired) electrons. The average molecular weight is 342 g/mol. The van der Waals surface area contributed by atoms with Gasteiger partial charge >= 0.3 is 0 Å². The first-order valence-electron chi connectivity index (χ1n) is 9.31. The van der Waals surface area contributed by atoms with Crippen molar-refractivity contribution in [2.45, 2.75) is 65.0 Å². The molecule has 0 aromatic carbocycles. The summed E-state index contributed by atoms with van der Waals surface area (Å²) in [5.74, 6) is 5.76. The van der Waals surface area contributed by atoms with Gasteiger partial charge in [-0.2, -0.15) is 0 Å². The van der Waals surface area contributed by atoms with Crippen molar-refractivity contribution in [3.63, 3.8) is 0 Å². The number of carbonyl (C=O) groups is 1. The predicted molar refractivity (Wildman–Crippen MR) is 93.1 cm³/mol. The Morgan fingerprint density at radius 1 is 1.32 bits per heavy atom. The van der Waals surface area contributed by atoms with Gasteiger partial charge in [-0.25, -0.2) is 0 Å². The molecular weight excluding hydrogens is 316 g/mol. The Kier molecular flexibility index (Phi) is 4.13.